The lowest BCUT2D eigenvalue weighted by molar-refractivity contribution is 0.109. The van der Waals surface area contributed by atoms with E-state index in [-0.39, 0.29) is 5.60 Å². The van der Waals surface area contributed by atoms with Crippen molar-refractivity contribution in [3.8, 4) is 5.75 Å². The van der Waals surface area contributed by atoms with E-state index in [1.807, 2.05) is 0 Å². The second-order valence-electron chi connectivity index (χ2n) is 7.05. The Bertz CT molecular complexity index is 815. The second kappa shape index (κ2) is 6.68. The van der Waals surface area contributed by atoms with Gasteiger partial charge in [0, 0.05) is 0 Å². The molecule has 124 valence electrons. The Labute approximate surface area is 145 Å². The summed E-state index contributed by atoms with van der Waals surface area (Å²) in [6.45, 7) is 8.73. The molecule has 0 N–H and O–H groups in total. The molecule has 1 atom stereocenters. The molecule has 3 aromatic carbocycles. The molecule has 0 bridgehead atoms. The van der Waals surface area contributed by atoms with Crippen LogP contribution < -0.4 is 4.74 Å². The molecule has 24 heavy (non-hydrogen) atoms. The third kappa shape index (κ3) is 3.46. The molecule has 1 unspecified atom stereocenters. The summed E-state index contributed by atoms with van der Waals surface area (Å²) in [7, 11) is 0. The van der Waals surface area contributed by atoms with Crippen molar-refractivity contribution in [1.82, 2.24) is 0 Å². The van der Waals surface area contributed by atoms with Gasteiger partial charge in [0.2, 0.25) is 0 Å². The fraction of sp³-hybridized carbons (Fsp3) is 0.304. The quantitative estimate of drug-likeness (QED) is 0.510. The normalized spacial score (nSPS) is 13.0. The number of hydrogen-bond acceptors (Lipinski definition) is 1. The first kappa shape index (κ1) is 16.6. The first-order valence-electron chi connectivity index (χ1n) is 8.78. The maximum atomic E-state index is 6.31. The summed E-state index contributed by atoms with van der Waals surface area (Å²) in [5.41, 5.74) is 2.18. The van der Waals surface area contributed by atoms with Crippen molar-refractivity contribution >= 4 is 10.8 Å². The van der Waals surface area contributed by atoms with Crippen LogP contribution in [0, 0.1) is 0 Å². The van der Waals surface area contributed by atoms with Gasteiger partial charge in [-0.25, -0.2) is 0 Å². The van der Waals surface area contributed by atoms with E-state index < -0.39 is 0 Å². The summed E-state index contributed by atoms with van der Waals surface area (Å²) in [4.78, 5) is 0. The zero-order chi connectivity index (χ0) is 17.2. The second-order valence-corrected chi connectivity index (χ2v) is 7.05. The van der Waals surface area contributed by atoms with Gasteiger partial charge < -0.3 is 4.74 Å². The lowest BCUT2D eigenvalue weighted by Crippen LogP contribution is -2.25. The van der Waals surface area contributed by atoms with E-state index in [0.29, 0.717) is 5.92 Å². The van der Waals surface area contributed by atoms with Crippen molar-refractivity contribution in [2.45, 2.75) is 45.6 Å². The molecule has 0 spiro atoms. The van der Waals surface area contributed by atoms with E-state index in [2.05, 4.69) is 94.4 Å². The molecule has 0 amide bonds. The van der Waals surface area contributed by atoms with E-state index in [1.54, 1.807) is 0 Å². The fourth-order valence-corrected chi connectivity index (χ4v) is 3.02. The molecule has 0 fully saturated rings. The monoisotopic (exact) mass is 318 g/mol. The van der Waals surface area contributed by atoms with E-state index in [0.717, 1.165) is 12.2 Å². The largest absolute Gasteiger partial charge is 0.483 e. The molecular weight excluding hydrogens is 292 g/mol. The molecule has 1 heteroatoms. The Morgan fingerprint density at radius 3 is 2.21 bits per heavy atom. The minimum Gasteiger partial charge on any atom is -0.483 e. The molecule has 0 radical (unpaired) electrons. The highest BCUT2D eigenvalue weighted by molar-refractivity contribution is 5.83. The van der Waals surface area contributed by atoms with Crippen molar-refractivity contribution < 1.29 is 4.74 Å². The van der Waals surface area contributed by atoms with Gasteiger partial charge in [-0.15, -0.1) is 0 Å². The van der Waals surface area contributed by atoms with Crippen molar-refractivity contribution in [1.29, 1.82) is 0 Å². The van der Waals surface area contributed by atoms with Crippen molar-refractivity contribution in [2.24, 2.45) is 0 Å². The average molecular weight is 318 g/mol. The Kier molecular flexibility index (Phi) is 4.62. The van der Waals surface area contributed by atoms with Crippen molar-refractivity contribution in [2.75, 3.05) is 0 Å². The number of rotatable bonds is 5. The summed E-state index contributed by atoms with van der Waals surface area (Å²) >= 11 is 0. The third-order valence-electron chi connectivity index (χ3n) is 4.88. The molecule has 0 saturated carbocycles. The zero-order valence-electron chi connectivity index (χ0n) is 15.0. The number of fused-ring (bicyclic) bond motifs is 1. The van der Waals surface area contributed by atoms with Crippen LogP contribution in [0.2, 0.25) is 0 Å². The molecule has 3 aromatic rings. The van der Waals surface area contributed by atoms with Crippen LogP contribution in [0.1, 0.15) is 51.2 Å². The standard InChI is InChI=1S/C23H26O/c1-5-17(2)18-11-14-22(15-12-18)24-23(3,4)21-13-10-19-8-6-7-9-20(19)16-21/h6-17H,5H2,1-4H3. The van der Waals surface area contributed by atoms with Gasteiger partial charge >= 0.3 is 0 Å². The predicted molar refractivity (Wildman–Crippen MR) is 103 cm³/mol. The van der Waals surface area contributed by atoms with Crippen LogP contribution in [0.5, 0.6) is 5.75 Å². The Hall–Kier alpha value is -2.28. The Morgan fingerprint density at radius 1 is 0.875 bits per heavy atom. The minimum atomic E-state index is -0.373. The van der Waals surface area contributed by atoms with Gasteiger partial charge in [-0.2, -0.15) is 0 Å². The average Bonchev–Trinajstić information content (AvgIpc) is 2.61. The zero-order valence-corrected chi connectivity index (χ0v) is 15.0. The highest BCUT2D eigenvalue weighted by Crippen LogP contribution is 2.31. The fourth-order valence-electron chi connectivity index (χ4n) is 3.02. The first-order valence-corrected chi connectivity index (χ1v) is 8.78. The summed E-state index contributed by atoms with van der Waals surface area (Å²) in [6.07, 6.45) is 1.16. The van der Waals surface area contributed by atoms with Crippen LogP contribution >= 0.6 is 0 Å². The summed E-state index contributed by atoms with van der Waals surface area (Å²) < 4.78 is 6.31. The van der Waals surface area contributed by atoms with Gasteiger partial charge in [0.05, 0.1) is 0 Å². The van der Waals surface area contributed by atoms with E-state index in [1.165, 1.54) is 21.9 Å². The Morgan fingerprint density at radius 2 is 1.54 bits per heavy atom. The van der Waals surface area contributed by atoms with E-state index >= 15 is 0 Å². The topological polar surface area (TPSA) is 9.23 Å². The number of ether oxygens (including phenoxy) is 1. The molecule has 0 aliphatic rings. The molecule has 0 aliphatic heterocycles. The maximum absolute atomic E-state index is 6.31. The van der Waals surface area contributed by atoms with Crippen LogP contribution in [0.4, 0.5) is 0 Å². The lowest BCUT2D eigenvalue weighted by atomic mass is 9.95. The van der Waals surface area contributed by atoms with Gasteiger partial charge in [0.15, 0.2) is 0 Å². The van der Waals surface area contributed by atoms with Crippen LogP contribution in [0.3, 0.4) is 0 Å². The Balaban J connectivity index is 1.84. The molecule has 0 heterocycles. The molecule has 0 saturated heterocycles. The van der Waals surface area contributed by atoms with Gasteiger partial charge in [0.1, 0.15) is 11.4 Å². The van der Waals surface area contributed by atoms with Gasteiger partial charge in [-0.1, -0.05) is 62.4 Å². The van der Waals surface area contributed by atoms with E-state index in [4.69, 9.17) is 4.74 Å². The van der Waals surface area contributed by atoms with Gasteiger partial charge in [0.25, 0.3) is 0 Å². The summed E-state index contributed by atoms with van der Waals surface area (Å²) in [5, 5.41) is 2.51. The molecule has 0 aromatic heterocycles. The van der Waals surface area contributed by atoms with Gasteiger partial charge in [-0.05, 0) is 66.3 Å². The smallest absolute Gasteiger partial charge is 0.128 e. The highest BCUT2D eigenvalue weighted by Gasteiger charge is 2.23. The number of hydrogen-bond donors (Lipinski definition) is 0. The van der Waals surface area contributed by atoms with Crippen molar-refractivity contribution in [3.63, 3.8) is 0 Å². The number of benzene rings is 3. The molecular formula is C23H26O. The molecule has 3 rings (SSSR count). The maximum Gasteiger partial charge on any atom is 0.128 e. The summed E-state index contributed by atoms with van der Waals surface area (Å²) in [6, 6.07) is 23.5. The molecule has 0 aliphatic carbocycles. The third-order valence-corrected chi connectivity index (χ3v) is 4.88. The highest BCUT2D eigenvalue weighted by atomic mass is 16.5. The lowest BCUT2D eigenvalue weighted by Gasteiger charge is -2.27. The van der Waals surface area contributed by atoms with Crippen molar-refractivity contribution in [3.05, 3.63) is 77.9 Å². The van der Waals surface area contributed by atoms with Crippen LogP contribution in [0.15, 0.2) is 66.7 Å². The van der Waals surface area contributed by atoms with Gasteiger partial charge in [-0.3, -0.25) is 0 Å². The minimum absolute atomic E-state index is 0.373. The SMILES string of the molecule is CCC(C)c1ccc(OC(C)(C)c2ccc3ccccc3c2)cc1. The van der Waals surface area contributed by atoms with Crippen LogP contribution in [-0.2, 0) is 5.60 Å². The molecule has 1 nitrogen and oxygen atoms in total. The first-order chi connectivity index (χ1) is 11.5. The van der Waals surface area contributed by atoms with Crippen LogP contribution in [0.25, 0.3) is 10.8 Å². The predicted octanol–water partition coefficient (Wildman–Crippen LogP) is 6.67. The van der Waals surface area contributed by atoms with Crippen LogP contribution in [-0.4, -0.2) is 0 Å². The van der Waals surface area contributed by atoms with E-state index in [9.17, 15) is 0 Å². The summed E-state index contributed by atoms with van der Waals surface area (Å²) in [5.74, 6) is 1.51.